The second-order valence-electron chi connectivity index (χ2n) is 3.83. The first-order valence-electron chi connectivity index (χ1n) is 5.94. The largest absolute Gasteiger partial charge is 0.395 e. The summed E-state index contributed by atoms with van der Waals surface area (Å²) in [6.07, 6.45) is 1.52. The van der Waals surface area contributed by atoms with Crippen molar-refractivity contribution in [1.82, 2.24) is 4.90 Å². The van der Waals surface area contributed by atoms with Crippen LogP contribution in [0.2, 0.25) is 0 Å². The molecule has 0 bridgehead atoms. The van der Waals surface area contributed by atoms with Gasteiger partial charge < -0.3 is 20.1 Å². The Morgan fingerprint density at radius 2 is 1.81 bits per heavy atom. The minimum absolute atomic E-state index is 0.0312. The van der Waals surface area contributed by atoms with Gasteiger partial charge in [0.1, 0.15) is 0 Å². The van der Waals surface area contributed by atoms with Crippen LogP contribution in [0.1, 0.15) is 19.8 Å². The summed E-state index contributed by atoms with van der Waals surface area (Å²) in [5.74, 6) is 0. The smallest absolute Gasteiger partial charge is 0.0900 e. The molecule has 98 valence electrons. The summed E-state index contributed by atoms with van der Waals surface area (Å²) in [4.78, 5) is 1.81. The molecule has 0 aliphatic carbocycles. The van der Waals surface area contributed by atoms with Gasteiger partial charge in [-0.05, 0) is 6.42 Å². The summed E-state index contributed by atoms with van der Waals surface area (Å²) in [5.41, 5.74) is 0. The van der Waals surface area contributed by atoms with E-state index in [0.29, 0.717) is 32.8 Å². The van der Waals surface area contributed by atoms with Crippen molar-refractivity contribution in [2.24, 2.45) is 0 Å². The van der Waals surface area contributed by atoms with E-state index in [1.54, 1.807) is 0 Å². The Balaban J connectivity index is 3.59. The Hall–Kier alpha value is -0.200. The van der Waals surface area contributed by atoms with Gasteiger partial charge in [0.2, 0.25) is 0 Å². The summed E-state index contributed by atoms with van der Waals surface area (Å²) in [6.45, 7) is 4.49. The molecule has 0 aliphatic heterocycles. The van der Waals surface area contributed by atoms with E-state index in [4.69, 9.17) is 14.9 Å². The first-order valence-corrected chi connectivity index (χ1v) is 5.94. The van der Waals surface area contributed by atoms with Crippen LogP contribution >= 0.6 is 0 Å². The van der Waals surface area contributed by atoms with E-state index in [1.165, 1.54) is 0 Å². The monoisotopic (exact) mass is 235 g/mol. The fourth-order valence-corrected chi connectivity index (χ4v) is 1.39. The topological polar surface area (TPSA) is 73.2 Å². The zero-order valence-electron chi connectivity index (χ0n) is 10.1. The number of ether oxygens (including phenoxy) is 1. The van der Waals surface area contributed by atoms with Gasteiger partial charge in [0.15, 0.2) is 0 Å². The SMILES string of the molecule is CCCCOCC(O)CN(CCO)CCO. The first-order chi connectivity index (χ1) is 7.74. The summed E-state index contributed by atoms with van der Waals surface area (Å²) in [5, 5.41) is 27.2. The number of hydrogen-bond donors (Lipinski definition) is 3. The number of rotatable bonds is 11. The third-order valence-electron chi connectivity index (χ3n) is 2.25. The number of aliphatic hydroxyl groups excluding tert-OH is 3. The van der Waals surface area contributed by atoms with Gasteiger partial charge in [-0.3, -0.25) is 4.90 Å². The van der Waals surface area contributed by atoms with Crippen LogP contribution < -0.4 is 0 Å². The van der Waals surface area contributed by atoms with Crippen LogP contribution in [-0.4, -0.2) is 72.4 Å². The quantitative estimate of drug-likeness (QED) is 0.419. The lowest BCUT2D eigenvalue weighted by molar-refractivity contribution is 0.0107. The Morgan fingerprint density at radius 1 is 1.19 bits per heavy atom. The molecule has 0 aromatic carbocycles. The highest BCUT2D eigenvalue weighted by Gasteiger charge is 2.10. The molecule has 0 fully saturated rings. The van der Waals surface area contributed by atoms with Crippen molar-refractivity contribution in [3.63, 3.8) is 0 Å². The number of hydrogen-bond acceptors (Lipinski definition) is 5. The van der Waals surface area contributed by atoms with E-state index in [2.05, 4.69) is 6.92 Å². The molecule has 0 aromatic heterocycles. The molecular weight excluding hydrogens is 210 g/mol. The standard InChI is InChI=1S/C11H25NO4/c1-2-3-8-16-10-11(15)9-12(4-6-13)5-7-14/h11,13-15H,2-10H2,1H3. The Bertz CT molecular complexity index is 140. The lowest BCUT2D eigenvalue weighted by atomic mass is 10.3. The highest BCUT2D eigenvalue weighted by molar-refractivity contribution is 4.63. The number of aliphatic hydroxyl groups is 3. The predicted octanol–water partition coefficient (Wildman–Crippen LogP) is -0.549. The minimum Gasteiger partial charge on any atom is -0.395 e. The minimum atomic E-state index is -0.560. The average Bonchev–Trinajstić information content (AvgIpc) is 2.25. The van der Waals surface area contributed by atoms with E-state index in [0.717, 1.165) is 12.8 Å². The Morgan fingerprint density at radius 3 is 2.31 bits per heavy atom. The molecule has 1 unspecified atom stereocenters. The van der Waals surface area contributed by atoms with Gasteiger partial charge in [-0.15, -0.1) is 0 Å². The Labute approximate surface area is 97.6 Å². The van der Waals surface area contributed by atoms with E-state index >= 15 is 0 Å². The fourth-order valence-electron chi connectivity index (χ4n) is 1.39. The predicted molar refractivity (Wildman–Crippen MR) is 62.3 cm³/mol. The maximum Gasteiger partial charge on any atom is 0.0900 e. The molecule has 0 rings (SSSR count). The molecule has 0 saturated heterocycles. The maximum absolute atomic E-state index is 9.64. The molecule has 0 aliphatic rings. The van der Waals surface area contributed by atoms with Gasteiger partial charge >= 0.3 is 0 Å². The summed E-state index contributed by atoms with van der Waals surface area (Å²) in [6, 6.07) is 0. The molecule has 16 heavy (non-hydrogen) atoms. The molecular formula is C11H25NO4. The lowest BCUT2D eigenvalue weighted by Gasteiger charge is -2.23. The third kappa shape index (κ3) is 9.06. The summed E-state index contributed by atoms with van der Waals surface area (Å²) >= 11 is 0. The number of nitrogens with zero attached hydrogens (tertiary/aromatic N) is 1. The van der Waals surface area contributed by atoms with Gasteiger partial charge in [0.25, 0.3) is 0 Å². The zero-order chi connectivity index (χ0) is 12.2. The molecule has 0 saturated carbocycles. The highest BCUT2D eigenvalue weighted by Crippen LogP contribution is 1.95. The van der Waals surface area contributed by atoms with Gasteiger partial charge in [-0.1, -0.05) is 13.3 Å². The molecule has 0 heterocycles. The van der Waals surface area contributed by atoms with Gasteiger partial charge in [-0.25, -0.2) is 0 Å². The molecule has 0 radical (unpaired) electrons. The van der Waals surface area contributed by atoms with Gasteiger partial charge in [0, 0.05) is 26.2 Å². The van der Waals surface area contributed by atoms with Crippen molar-refractivity contribution in [3.8, 4) is 0 Å². The van der Waals surface area contributed by atoms with Gasteiger partial charge in [-0.2, -0.15) is 0 Å². The average molecular weight is 235 g/mol. The first kappa shape index (κ1) is 15.8. The molecule has 5 nitrogen and oxygen atoms in total. The van der Waals surface area contributed by atoms with Crippen LogP contribution in [0.15, 0.2) is 0 Å². The van der Waals surface area contributed by atoms with E-state index < -0.39 is 6.10 Å². The molecule has 0 aromatic rings. The van der Waals surface area contributed by atoms with Crippen molar-refractivity contribution in [2.75, 3.05) is 46.1 Å². The second kappa shape index (κ2) is 11.3. The van der Waals surface area contributed by atoms with Crippen LogP contribution in [0.3, 0.4) is 0 Å². The molecule has 0 amide bonds. The zero-order valence-corrected chi connectivity index (χ0v) is 10.1. The van der Waals surface area contributed by atoms with Crippen LogP contribution in [0.4, 0.5) is 0 Å². The summed E-state index contributed by atoms with van der Waals surface area (Å²) in [7, 11) is 0. The van der Waals surface area contributed by atoms with Crippen LogP contribution in [-0.2, 0) is 4.74 Å². The van der Waals surface area contributed by atoms with E-state index in [9.17, 15) is 5.11 Å². The molecule has 1 atom stereocenters. The van der Waals surface area contributed by atoms with Crippen molar-refractivity contribution >= 4 is 0 Å². The molecule has 5 heteroatoms. The number of unbranched alkanes of at least 4 members (excludes halogenated alkanes) is 1. The van der Waals surface area contributed by atoms with Crippen LogP contribution in [0, 0.1) is 0 Å². The van der Waals surface area contributed by atoms with E-state index in [1.807, 2.05) is 4.90 Å². The molecule has 0 spiro atoms. The van der Waals surface area contributed by atoms with E-state index in [-0.39, 0.29) is 13.2 Å². The van der Waals surface area contributed by atoms with Crippen molar-refractivity contribution in [1.29, 1.82) is 0 Å². The third-order valence-corrected chi connectivity index (χ3v) is 2.25. The summed E-state index contributed by atoms with van der Waals surface area (Å²) < 4.78 is 5.29. The molecule has 3 N–H and O–H groups in total. The van der Waals surface area contributed by atoms with Crippen molar-refractivity contribution in [2.45, 2.75) is 25.9 Å². The normalized spacial score (nSPS) is 13.3. The maximum atomic E-state index is 9.64. The Kier molecular flexibility index (Phi) is 11.1. The lowest BCUT2D eigenvalue weighted by Crippen LogP contribution is -2.38. The van der Waals surface area contributed by atoms with Crippen molar-refractivity contribution in [3.05, 3.63) is 0 Å². The second-order valence-corrected chi connectivity index (χ2v) is 3.83. The van der Waals surface area contributed by atoms with Crippen molar-refractivity contribution < 1.29 is 20.1 Å². The highest BCUT2D eigenvalue weighted by atomic mass is 16.5. The fraction of sp³-hybridized carbons (Fsp3) is 1.00. The van der Waals surface area contributed by atoms with Crippen LogP contribution in [0.5, 0.6) is 0 Å². The van der Waals surface area contributed by atoms with Crippen LogP contribution in [0.25, 0.3) is 0 Å². The van der Waals surface area contributed by atoms with Gasteiger partial charge in [0.05, 0.1) is 25.9 Å².